The first-order valence-corrected chi connectivity index (χ1v) is 25.3. The molecule has 1 heteroatoms. The van der Waals surface area contributed by atoms with Gasteiger partial charge in [-0.2, -0.15) is 0 Å². The lowest BCUT2D eigenvalue weighted by Crippen LogP contribution is -2.16. The van der Waals surface area contributed by atoms with Crippen LogP contribution in [0.15, 0.2) is 231 Å². The number of fused-ring (bicyclic) bond motifs is 1. The number of nitrogens with zero attached hydrogens (tertiary/aromatic N) is 1. The molecule has 0 atom stereocenters. The van der Waals surface area contributed by atoms with Crippen molar-refractivity contribution in [2.45, 2.75) is 78.6 Å². The second-order valence-electron chi connectivity index (χ2n) is 22.2. The second-order valence-corrected chi connectivity index (χ2v) is 22.2. The molecule has 350 valence electrons. The van der Waals surface area contributed by atoms with E-state index in [1.165, 1.54) is 83.1 Å². The number of para-hydroxylation sites is 2. The van der Waals surface area contributed by atoms with E-state index >= 15 is 0 Å². The first-order chi connectivity index (χ1) is 34.1. The van der Waals surface area contributed by atoms with Crippen molar-refractivity contribution in [2.75, 3.05) is 4.90 Å². The monoisotopic (exact) mass is 920 g/mol. The van der Waals surface area contributed by atoms with Crippen molar-refractivity contribution in [2.24, 2.45) is 0 Å². The lowest BCUT2D eigenvalue weighted by molar-refractivity contribution is 0.569. The van der Waals surface area contributed by atoms with Gasteiger partial charge in [0.15, 0.2) is 0 Å². The average molecular weight is 920 g/mol. The minimum Gasteiger partial charge on any atom is -0.309 e. The predicted octanol–water partition coefficient (Wildman–Crippen LogP) is 20.2. The third-order valence-corrected chi connectivity index (χ3v) is 14.2. The fraction of sp³-hybridized carbons (Fsp3) is 0.171. The molecular formula is C70H65N. The van der Waals surface area contributed by atoms with Crippen LogP contribution >= 0.6 is 0 Å². The number of rotatable bonds is 9. The van der Waals surface area contributed by atoms with Gasteiger partial charge in [-0.1, -0.05) is 269 Å². The zero-order valence-corrected chi connectivity index (χ0v) is 42.9. The molecular weight excluding hydrogens is 855 g/mol. The van der Waals surface area contributed by atoms with E-state index in [2.05, 4.69) is 298 Å². The van der Waals surface area contributed by atoms with Gasteiger partial charge in [0.2, 0.25) is 0 Å². The highest BCUT2D eigenvalue weighted by molar-refractivity contribution is 6.10. The molecule has 0 spiro atoms. The molecule has 0 saturated heterocycles. The van der Waals surface area contributed by atoms with Crippen LogP contribution in [0.4, 0.5) is 17.1 Å². The topological polar surface area (TPSA) is 3.24 Å². The van der Waals surface area contributed by atoms with Crippen LogP contribution in [0.25, 0.3) is 77.5 Å². The molecule has 10 aromatic carbocycles. The number of anilines is 3. The third-order valence-electron chi connectivity index (χ3n) is 14.2. The molecule has 1 nitrogen and oxygen atoms in total. The maximum absolute atomic E-state index is 2.55. The van der Waals surface area contributed by atoms with Gasteiger partial charge in [-0.25, -0.2) is 0 Å². The molecule has 0 unspecified atom stereocenters. The van der Waals surface area contributed by atoms with Crippen molar-refractivity contribution in [1.82, 2.24) is 0 Å². The third kappa shape index (κ3) is 9.38. The summed E-state index contributed by atoms with van der Waals surface area (Å²) in [6.07, 6.45) is 0. The molecule has 10 aromatic rings. The summed E-state index contributed by atoms with van der Waals surface area (Å²) in [7, 11) is 0. The zero-order chi connectivity index (χ0) is 49.5. The molecule has 0 aliphatic heterocycles. The van der Waals surface area contributed by atoms with E-state index in [1.54, 1.807) is 0 Å². The van der Waals surface area contributed by atoms with E-state index in [9.17, 15) is 0 Å². The van der Waals surface area contributed by atoms with Crippen LogP contribution in [0.3, 0.4) is 0 Å². The first-order valence-electron chi connectivity index (χ1n) is 25.3. The Morgan fingerprint density at radius 3 is 1.14 bits per heavy atom. The van der Waals surface area contributed by atoms with Crippen LogP contribution in [0.1, 0.15) is 79.0 Å². The molecule has 10 rings (SSSR count). The minimum atomic E-state index is -0.0652. The Bertz CT molecular complexity index is 3480. The van der Waals surface area contributed by atoms with E-state index in [-0.39, 0.29) is 16.2 Å². The van der Waals surface area contributed by atoms with Gasteiger partial charge in [0.25, 0.3) is 0 Å². The van der Waals surface area contributed by atoms with E-state index in [1.807, 2.05) is 0 Å². The van der Waals surface area contributed by atoms with Gasteiger partial charge in [-0.05, 0) is 118 Å². The summed E-state index contributed by atoms with van der Waals surface area (Å²) >= 11 is 0. The molecule has 0 aliphatic carbocycles. The lowest BCUT2D eigenvalue weighted by Gasteiger charge is -2.33. The highest BCUT2D eigenvalue weighted by atomic mass is 15.1. The normalized spacial score (nSPS) is 12.0. The fourth-order valence-corrected chi connectivity index (χ4v) is 10.2. The predicted molar refractivity (Wildman–Crippen MR) is 307 cm³/mol. The Hall–Kier alpha value is -7.74. The molecule has 0 bridgehead atoms. The van der Waals surface area contributed by atoms with Gasteiger partial charge < -0.3 is 4.90 Å². The molecule has 0 aliphatic rings. The van der Waals surface area contributed by atoms with E-state index < -0.39 is 0 Å². The number of hydrogen-bond donors (Lipinski definition) is 0. The van der Waals surface area contributed by atoms with Gasteiger partial charge in [-0.3, -0.25) is 0 Å². The maximum Gasteiger partial charge on any atom is 0.0540 e. The van der Waals surface area contributed by atoms with Crippen molar-refractivity contribution in [1.29, 1.82) is 0 Å². The summed E-state index contributed by atoms with van der Waals surface area (Å²) in [6, 6.07) is 85.7. The fourth-order valence-electron chi connectivity index (χ4n) is 10.2. The van der Waals surface area contributed by atoms with Crippen molar-refractivity contribution >= 4 is 27.8 Å². The highest BCUT2D eigenvalue weighted by Gasteiger charge is 2.28. The smallest absolute Gasteiger partial charge is 0.0540 e. The van der Waals surface area contributed by atoms with Crippen LogP contribution in [0.2, 0.25) is 0 Å². The molecule has 0 radical (unpaired) electrons. The summed E-state index contributed by atoms with van der Waals surface area (Å²) in [5, 5.41) is 2.46. The number of hydrogen-bond acceptors (Lipinski definition) is 1. The number of benzene rings is 10. The molecule has 0 aromatic heterocycles. The Morgan fingerprint density at radius 1 is 0.239 bits per heavy atom. The van der Waals surface area contributed by atoms with Crippen LogP contribution < -0.4 is 4.90 Å². The zero-order valence-electron chi connectivity index (χ0n) is 42.9. The molecule has 71 heavy (non-hydrogen) atoms. The van der Waals surface area contributed by atoms with Crippen LogP contribution in [0, 0.1) is 0 Å². The summed E-state index contributed by atoms with van der Waals surface area (Å²) in [4.78, 5) is 2.55. The van der Waals surface area contributed by atoms with E-state index in [0.717, 1.165) is 28.2 Å². The van der Waals surface area contributed by atoms with Crippen LogP contribution in [-0.2, 0) is 16.2 Å². The summed E-state index contributed by atoms with van der Waals surface area (Å²) in [5.41, 5.74) is 21.5. The molecule has 0 amide bonds. The molecule has 0 saturated carbocycles. The molecule has 0 N–H and O–H groups in total. The van der Waals surface area contributed by atoms with Gasteiger partial charge in [0.05, 0.1) is 17.1 Å². The Kier molecular flexibility index (Phi) is 12.5. The minimum absolute atomic E-state index is 0.0227. The van der Waals surface area contributed by atoms with Crippen molar-refractivity contribution in [3.63, 3.8) is 0 Å². The first kappa shape index (κ1) is 47.0. The Balaban J connectivity index is 1.28. The highest BCUT2D eigenvalue weighted by Crippen LogP contribution is 2.51. The largest absolute Gasteiger partial charge is 0.309 e. The Morgan fingerprint density at radius 2 is 0.620 bits per heavy atom. The quantitative estimate of drug-likeness (QED) is 0.139. The average Bonchev–Trinajstić information content (AvgIpc) is 3.38. The lowest BCUT2D eigenvalue weighted by atomic mass is 9.78. The van der Waals surface area contributed by atoms with Crippen LogP contribution in [0.5, 0.6) is 0 Å². The summed E-state index contributed by atoms with van der Waals surface area (Å²) < 4.78 is 0. The van der Waals surface area contributed by atoms with Crippen molar-refractivity contribution < 1.29 is 0 Å². The van der Waals surface area contributed by atoms with Gasteiger partial charge in [0.1, 0.15) is 0 Å². The van der Waals surface area contributed by atoms with Crippen molar-refractivity contribution in [3.8, 4) is 66.8 Å². The standard InChI is InChI=1S/C70H65N/c1-68(2,3)52-42-43-66(63(47-52)49-28-14-11-15-29-49)71(64-40-22-20-36-60(64)59-35-19-18-34-58(59)57-33-17-16-32-55(57)48-26-12-10-13-27-48)65-41-23-21-37-61(65)62-39-25-31-50-30-24-38-56(67(50)62)51-44-53(69(4,5)6)46-54(45-51)70(7,8)9/h10-47H,1-9H3. The maximum atomic E-state index is 2.55. The summed E-state index contributed by atoms with van der Waals surface area (Å²) in [5.74, 6) is 0. The van der Waals surface area contributed by atoms with Crippen molar-refractivity contribution in [3.05, 3.63) is 247 Å². The van der Waals surface area contributed by atoms with Gasteiger partial charge in [-0.15, -0.1) is 0 Å². The molecule has 0 heterocycles. The van der Waals surface area contributed by atoms with E-state index in [4.69, 9.17) is 0 Å². The van der Waals surface area contributed by atoms with Crippen LogP contribution in [-0.4, -0.2) is 0 Å². The second kappa shape index (κ2) is 18.9. The molecule has 0 fully saturated rings. The van der Waals surface area contributed by atoms with E-state index in [0.29, 0.717) is 0 Å². The van der Waals surface area contributed by atoms with Gasteiger partial charge >= 0.3 is 0 Å². The van der Waals surface area contributed by atoms with Gasteiger partial charge in [0, 0.05) is 16.7 Å². The SMILES string of the molecule is CC(C)(C)c1cc(-c2cccc3cccc(-c4ccccc4N(c4ccc(C(C)(C)C)cc4-c4ccccc4)c4ccccc4-c4ccccc4-c4ccccc4-c4ccccc4)c23)cc(C(C)(C)C)c1. The Labute approximate surface area is 423 Å². The summed E-state index contributed by atoms with van der Waals surface area (Å²) in [6.45, 7) is 20.9.